The maximum atomic E-state index is 4.97. The minimum Gasteiger partial charge on any atom is -0.333 e. The maximum absolute atomic E-state index is 4.97. The van der Waals surface area contributed by atoms with E-state index in [0.717, 1.165) is 20.4 Å². The summed E-state index contributed by atoms with van der Waals surface area (Å²) in [6.45, 7) is 2.00. The Kier molecular flexibility index (Phi) is 2.02. The lowest BCUT2D eigenvalue weighted by atomic mass is 10.4. The molecule has 0 atom stereocenters. The van der Waals surface area contributed by atoms with Gasteiger partial charge in [-0.3, -0.25) is 0 Å². The zero-order valence-corrected chi connectivity index (χ0v) is 9.44. The number of aromatic amines is 1. The number of nitrogens with zero attached hydrogens (tertiary/aromatic N) is 1. The van der Waals surface area contributed by atoms with Gasteiger partial charge in [0.15, 0.2) is 4.77 Å². The average molecular weight is 261 g/mol. The number of fused-ring (bicyclic) bond motifs is 1. The van der Waals surface area contributed by atoms with Gasteiger partial charge < -0.3 is 4.98 Å². The lowest BCUT2D eigenvalue weighted by Gasteiger charge is -1.94. The van der Waals surface area contributed by atoms with Gasteiger partial charge in [0.1, 0.15) is 5.52 Å². The number of halogens is 1. The van der Waals surface area contributed by atoms with Gasteiger partial charge in [-0.05, 0) is 35.1 Å². The average Bonchev–Trinajstić information content (AvgIpc) is 2.33. The van der Waals surface area contributed by atoms with Crippen LogP contribution in [0.25, 0.3) is 10.2 Å². The molecule has 0 saturated carbocycles. The first-order valence-electron chi connectivity index (χ1n) is 3.32. The molecule has 0 aliphatic carbocycles. The molecule has 0 radical (unpaired) electrons. The van der Waals surface area contributed by atoms with Crippen LogP contribution in [-0.4, -0.2) is 9.97 Å². The fourth-order valence-electron chi connectivity index (χ4n) is 1.05. The predicted octanol–water partition coefficient (Wildman–Crippen LogP) is 3.42. The molecular formula is C7H5BrN2S2. The van der Waals surface area contributed by atoms with Crippen molar-refractivity contribution in [2.45, 2.75) is 6.92 Å². The molecule has 2 aromatic rings. The van der Waals surface area contributed by atoms with Crippen molar-refractivity contribution in [3.8, 4) is 0 Å². The number of rotatable bonds is 0. The molecule has 0 aliphatic heterocycles. The van der Waals surface area contributed by atoms with Gasteiger partial charge in [-0.25, -0.2) is 4.98 Å². The van der Waals surface area contributed by atoms with Crippen LogP contribution in [0.4, 0.5) is 0 Å². The van der Waals surface area contributed by atoms with Crippen LogP contribution in [-0.2, 0) is 0 Å². The summed E-state index contributed by atoms with van der Waals surface area (Å²) < 4.78 is 2.72. The molecule has 0 aromatic carbocycles. The zero-order valence-electron chi connectivity index (χ0n) is 6.22. The highest BCUT2D eigenvalue weighted by Crippen LogP contribution is 2.29. The fourth-order valence-corrected chi connectivity index (χ4v) is 2.82. The van der Waals surface area contributed by atoms with E-state index in [-0.39, 0.29) is 0 Å². The van der Waals surface area contributed by atoms with Crippen molar-refractivity contribution in [2.75, 3.05) is 0 Å². The molecule has 2 nitrogen and oxygen atoms in total. The van der Waals surface area contributed by atoms with Crippen LogP contribution in [0.15, 0.2) is 9.85 Å². The van der Waals surface area contributed by atoms with E-state index >= 15 is 0 Å². The van der Waals surface area contributed by atoms with E-state index in [0.29, 0.717) is 4.77 Å². The summed E-state index contributed by atoms with van der Waals surface area (Å²) in [5.74, 6) is 0. The molecule has 0 unspecified atom stereocenters. The molecule has 5 heteroatoms. The van der Waals surface area contributed by atoms with Crippen molar-refractivity contribution >= 4 is 49.7 Å². The summed E-state index contributed by atoms with van der Waals surface area (Å²) in [4.78, 5) is 7.24. The Bertz CT molecular complexity index is 486. The molecule has 2 rings (SSSR count). The van der Waals surface area contributed by atoms with Gasteiger partial charge >= 0.3 is 0 Å². The van der Waals surface area contributed by atoms with Crippen LogP contribution in [0, 0.1) is 11.7 Å². The van der Waals surface area contributed by atoms with E-state index in [2.05, 4.69) is 25.9 Å². The van der Waals surface area contributed by atoms with Crippen molar-refractivity contribution in [3.05, 3.63) is 20.3 Å². The van der Waals surface area contributed by atoms with Crippen molar-refractivity contribution in [1.82, 2.24) is 9.97 Å². The minimum absolute atomic E-state index is 0.541. The number of aryl methyl sites for hydroxylation is 1. The van der Waals surface area contributed by atoms with E-state index < -0.39 is 0 Å². The Morgan fingerprint density at radius 2 is 2.42 bits per heavy atom. The standard InChI is InChI=1S/C7H5BrN2S2/c1-3-6-5(4(8)2-12-6)10-7(11)9-3/h2H,1H3,(H,9,10,11). The first-order chi connectivity index (χ1) is 5.68. The molecule has 1 N–H and O–H groups in total. The highest BCUT2D eigenvalue weighted by Gasteiger charge is 2.04. The van der Waals surface area contributed by atoms with Crippen molar-refractivity contribution in [3.63, 3.8) is 0 Å². The third-order valence-corrected chi connectivity index (χ3v) is 3.76. The third kappa shape index (κ3) is 1.22. The SMILES string of the molecule is Cc1[nH]c(=S)nc2c(Br)csc12. The summed E-state index contributed by atoms with van der Waals surface area (Å²) in [6, 6.07) is 0. The highest BCUT2D eigenvalue weighted by atomic mass is 79.9. The number of nitrogens with one attached hydrogen (secondary N) is 1. The molecular weight excluding hydrogens is 256 g/mol. The number of H-pyrrole nitrogens is 1. The van der Waals surface area contributed by atoms with E-state index in [1.54, 1.807) is 11.3 Å². The monoisotopic (exact) mass is 260 g/mol. The first-order valence-corrected chi connectivity index (χ1v) is 5.40. The molecule has 0 aliphatic rings. The quantitative estimate of drug-likeness (QED) is 0.736. The maximum Gasteiger partial charge on any atom is 0.197 e. The van der Waals surface area contributed by atoms with E-state index in [1.165, 1.54) is 0 Å². The molecule has 0 amide bonds. The van der Waals surface area contributed by atoms with Crippen LogP contribution in [0.1, 0.15) is 5.69 Å². The van der Waals surface area contributed by atoms with E-state index in [1.807, 2.05) is 12.3 Å². The Morgan fingerprint density at radius 1 is 1.67 bits per heavy atom. The van der Waals surface area contributed by atoms with Crippen LogP contribution >= 0.6 is 39.5 Å². The van der Waals surface area contributed by atoms with E-state index in [9.17, 15) is 0 Å². The molecule has 2 heterocycles. The van der Waals surface area contributed by atoms with Crippen molar-refractivity contribution < 1.29 is 0 Å². The molecule has 0 spiro atoms. The second kappa shape index (κ2) is 2.90. The lowest BCUT2D eigenvalue weighted by molar-refractivity contribution is 1.13. The number of hydrogen-bond acceptors (Lipinski definition) is 3. The summed E-state index contributed by atoms with van der Waals surface area (Å²) in [5.41, 5.74) is 2.04. The Labute approximate surface area is 86.8 Å². The third-order valence-electron chi connectivity index (χ3n) is 1.57. The van der Waals surface area contributed by atoms with E-state index in [4.69, 9.17) is 12.2 Å². The summed E-state index contributed by atoms with van der Waals surface area (Å²) in [6.07, 6.45) is 0. The van der Waals surface area contributed by atoms with Crippen molar-refractivity contribution in [1.29, 1.82) is 0 Å². The number of thiophene rings is 1. The molecule has 62 valence electrons. The highest BCUT2D eigenvalue weighted by molar-refractivity contribution is 9.10. The van der Waals surface area contributed by atoms with Gasteiger partial charge in [-0.15, -0.1) is 11.3 Å². The molecule has 0 bridgehead atoms. The number of hydrogen-bond donors (Lipinski definition) is 1. The summed E-state index contributed by atoms with van der Waals surface area (Å²) in [7, 11) is 0. The summed E-state index contributed by atoms with van der Waals surface area (Å²) in [5, 5.41) is 2.02. The predicted molar refractivity (Wildman–Crippen MR) is 57.2 cm³/mol. The number of aromatic nitrogens is 2. The smallest absolute Gasteiger partial charge is 0.197 e. The second-order valence-electron chi connectivity index (χ2n) is 2.43. The molecule has 2 aromatic heterocycles. The molecule has 0 fully saturated rings. The van der Waals surface area contributed by atoms with Crippen LogP contribution < -0.4 is 0 Å². The Morgan fingerprint density at radius 3 is 3.17 bits per heavy atom. The first kappa shape index (κ1) is 8.34. The van der Waals surface area contributed by atoms with Crippen molar-refractivity contribution in [2.24, 2.45) is 0 Å². The van der Waals surface area contributed by atoms with Crippen LogP contribution in [0.5, 0.6) is 0 Å². The van der Waals surface area contributed by atoms with Crippen LogP contribution in [0.2, 0.25) is 0 Å². The van der Waals surface area contributed by atoms with Gasteiger partial charge in [0.25, 0.3) is 0 Å². The molecule has 0 saturated heterocycles. The van der Waals surface area contributed by atoms with Gasteiger partial charge in [-0.1, -0.05) is 0 Å². The van der Waals surface area contributed by atoms with Gasteiger partial charge in [0.2, 0.25) is 0 Å². The lowest BCUT2D eigenvalue weighted by Crippen LogP contribution is -1.85. The Hall–Kier alpha value is -0.260. The Balaban J connectivity index is 3.02. The molecule has 12 heavy (non-hydrogen) atoms. The zero-order chi connectivity index (χ0) is 8.72. The fraction of sp³-hybridized carbons (Fsp3) is 0.143. The van der Waals surface area contributed by atoms with Gasteiger partial charge in [-0.2, -0.15) is 0 Å². The van der Waals surface area contributed by atoms with Crippen LogP contribution in [0.3, 0.4) is 0 Å². The normalized spacial score (nSPS) is 10.8. The second-order valence-corrected chi connectivity index (χ2v) is 4.55. The minimum atomic E-state index is 0.541. The largest absolute Gasteiger partial charge is 0.333 e. The topological polar surface area (TPSA) is 28.7 Å². The summed E-state index contributed by atoms with van der Waals surface area (Å²) >= 11 is 10.1. The van der Waals surface area contributed by atoms with Gasteiger partial charge in [0, 0.05) is 11.1 Å². The van der Waals surface area contributed by atoms with Gasteiger partial charge in [0.05, 0.1) is 9.17 Å².